The van der Waals surface area contributed by atoms with Crippen molar-refractivity contribution in [2.45, 2.75) is 6.10 Å². The molecule has 58 valence electrons. The van der Waals surface area contributed by atoms with E-state index in [1.807, 2.05) is 0 Å². The second kappa shape index (κ2) is 2.98. The van der Waals surface area contributed by atoms with Gasteiger partial charge in [-0.2, -0.15) is 0 Å². The summed E-state index contributed by atoms with van der Waals surface area (Å²) in [6, 6.07) is 0. The standard InChI is InChI=1S/C6H11NO3/c1-7-2-5(3-8)10-4-6(7)9/h5,8H,2-4H2,1H3. The maximum absolute atomic E-state index is 10.8. The minimum absolute atomic E-state index is 0.0162. The fraction of sp³-hybridized carbons (Fsp3) is 0.833. The lowest BCUT2D eigenvalue weighted by Crippen LogP contribution is -2.45. The highest BCUT2D eigenvalue weighted by molar-refractivity contribution is 5.77. The van der Waals surface area contributed by atoms with Crippen molar-refractivity contribution < 1.29 is 14.6 Å². The summed E-state index contributed by atoms with van der Waals surface area (Å²) in [4.78, 5) is 12.3. The second-order valence-corrected chi connectivity index (χ2v) is 2.39. The number of likely N-dealkylation sites (N-methyl/N-ethyl adjacent to an activating group) is 1. The summed E-state index contributed by atoms with van der Waals surface area (Å²) in [5.74, 6) is -0.0234. The number of aliphatic hydroxyl groups excluding tert-OH is 1. The number of morpholine rings is 1. The smallest absolute Gasteiger partial charge is 0.248 e. The van der Waals surface area contributed by atoms with E-state index in [0.717, 1.165) is 0 Å². The first-order chi connectivity index (χ1) is 4.74. The molecule has 1 aliphatic heterocycles. The maximum Gasteiger partial charge on any atom is 0.248 e. The van der Waals surface area contributed by atoms with Gasteiger partial charge in [-0.25, -0.2) is 0 Å². The highest BCUT2D eigenvalue weighted by Gasteiger charge is 2.22. The average Bonchev–Trinajstić information content (AvgIpc) is 1.95. The van der Waals surface area contributed by atoms with E-state index in [1.165, 1.54) is 0 Å². The third kappa shape index (κ3) is 1.46. The molecular weight excluding hydrogens is 134 g/mol. The van der Waals surface area contributed by atoms with Crippen molar-refractivity contribution in [1.29, 1.82) is 0 Å². The third-order valence-electron chi connectivity index (χ3n) is 1.55. The Labute approximate surface area is 59.4 Å². The second-order valence-electron chi connectivity index (χ2n) is 2.39. The Morgan fingerprint density at radius 3 is 3.10 bits per heavy atom. The van der Waals surface area contributed by atoms with E-state index < -0.39 is 0 Å². The molecule has 4 nitrogen and oxygen atoms in total. The molecule has 1 saturated heterocycles. The number of hydrogen-bond acceptors (Lipinski definition) is 3. The van der Waals surface area contributed by atoms with Gasteiger partial charge in [-0.05, 0) is 0 Å². The monoisotopic (exact) mass is 145 g/mol. The predicted octanol–water partition coefficient (Wildman–Crippen LogP) is -1.16. The van der Waals surface area contributed by atoms with Crippen molar-refractivity contribution in [3.05, 3.63) is 0 Å². The molecule has 1 unspecified atom stereocenters. The molecule has 1 amide bonds. The summed E-state index contributed by atoms with van der Waals surface area (Å²) in [7, 11) is 1.70. The number of ether oxygens (including phenoxy) is 1. The van der Waals surface area contributed by atoms with Crippen molar-refractivity contribution in [3.63, 3.8) is 0 Å². The lowest BCUT2D eigenvalue weighted by Gasteiger charge is -2.28. The van der Waals surface area contributed by atoms with Gasteiger partial charge in [-0.1, -0.05) is 0 Å². The number of hydrogen-bond donors (Lipinski definition) is 1. The van der Waals surface area contributed by atoms with Crippen LogP contribution >= 0.6 is 0 Å². The zero-order valence-electron chi connectivity index (χ0n) is 5.91. The van der Waals surface area contributed by atoms with Crippen LogP contribution in [0.2, 0.25) is 0 Å². The zero-order valence-corrected chi connectivity index (χ0v) is 5.91. The Bertz CT molecular complexity index is 137. The Balaban J connectivity index is 2.40. The van der Waals surface area contributed by atoms with Crippen LogP contribution in [0.15, 0.2) is 0 Å². The highest BCUT2D eigenvalue weighted by Crippen LogP contribution is 2.02. The van der Waals surface area contributed by atoms with Crippen LogP contribution in [-0.4, -0.2) is 48.8 Å². The Hall–Kier alpha value is -0.610. The molecule has 4 heteroatoms. The Kier molecular flexibility index (Phi) is 2.24. The molecule has 0 bridgehead atoms. The van der Waals surface area contributed by atoms with Crippen LogP contribution in [0.3, 0.4) is 0 Å². The summed E-state index contributed by atoms with van der Waals surface area (Å²) in [5, 5.41) is 8.63. The molecule has 1 rings (SSSR count). The van der Waals surface area contributed by atoms with Gasteiger partial charge < -0.3 is 14.7 Å². The van der Waals surface area contributed by atoms with Crippen LogP contribution in [0.25, 0.3) is 0 Å². The number of nitrogens with zero attached hydrogens (tertiary/aromatic N) is 1. The first-order valence-electron chi connectivity index (χ1n) is 3.20. The van der Waals surface area contributed by atoms with Gasteiger partial charge in [0.1, 0.15) is 6.61 Å². The van der Waals surface area contributed by atoms with Gasteiger partial charge in [-0.3, -0.25) is 4.79 Å². The van der Waals surface area contributed by atoms with Crippen LogP contribution < -0.4 is 0 Å². The summed E-state index contributed by atoms with van der Waals surface area (Å²) in [5.41, 5.74) is 0. The van der Waals surface area contributed by atoms with E-state index in [1.54, 1.807) is 11.9 Å². The predicted molar refractivity (Wildman–Crippen MR) is 34.5 cm³/mol. The van der Waals surface area contributed by atoms with Crippen molar-refractivity contribution >= 4 is 5.91 Å². The van der Waals surface area contributed by atoms with Gasteiger partial charge in [0, 0.05) is 13.6 Å². The molecule has 0 spiro atoms. The van der Waals surface area contributed by atoms with E-state index in [9.17, 15) is 4.79 Å². The van der Waals surface area contributed by atoms with Gasteiger partial charge in [-0.15, -0.1) is 0 Å². The number of aliphatic hydroxyl groups is 1. The Morgan fingerprint density at radius 1 is 1.90 bits per heavy atom. The van der Waals surface area contributed by atoms with Gasteiger partial charge in [0.25, 0.3) is 0 Å². The fourth-order valence-corrected chi connectivity index (χ4v) is 0.870. The van der Waals surface area contributed by atoms with Gasteiger partial charge >= 0.3 is 0 Å². The SMILES string of the molecule is CN1CC(CO)OCC1=O. The average molecular weight is 145 g/mol. The molecule has 1 atom stereocenters. The summed E-state index contributed by atoms with van der Waals surface area (Å²) in [6.07, 6.45) is -0.192. The molecular formula is C6H11NO3. The van der Waals surface area contributed by atoms with Crippen LogP contribution in [0.4, 0.5) is 0 Å². The molecule has 1 N–H and O–H groups in total. The first-order valence-corrected chi connectivity index (χ1v) is 3.20. The van der Waals surface area contributed by atoms with Crippen LogP contribution in [-0.2, 0) is 9.53 Å². The van der Waals surface area contributed by atoms with Crippen LogP contribution in [0.5, 0.6) is 0 Å². The third-order valence-corrected chi connectivity index (χ3v) is 1.55. The first kappa shape index (κ1) is 7.50. The highest BCUT2D eigenvalue weighted by atomic mass is 16.5. The molecule has 10 heavy (non-hydrogen) atoms. The van der Waals surface area contributed by atoms with E-state index in [0.29, 0.717) is 6.54 Å². The minimum atomic E-state index is -0.192. The lowest BCUT2D eigenvalue weighted by atomic mass is 10.3. The largest absolute Gasteiger partial charge is 0.394 e. The summed E-state index contributed by atoms with van der Waals surface area (Å²) in [6.45, 7) is 0.578. The molecule has 0 aromatic carbocycles. The number of carbonyl (C=O) groups excluding carboxylic acids is 1. The zero-order chi connectivity index (χ0) is 7.56. The van der Waals surface area contributed by atoms with Crippen molar-refractivity contribution in [3.8, 4) is 0 Å². The maximum atomic E-state index is 10.8. The van der Waals surface area contributed by atoms with E-state index in [4.69, 9.17) is 9.84 Å². The lowest BCUT2D eigenvalue weighted by molar-refractivity contribution is -0.148. The molecule has 0 saturated carbocycles. The van der Waals surface area contributed by atoms with Crippen molar-refractivity contribution in [2.75, 3.05) is 26.8 Å². The summed E-state index contributed by atoms with van der Waals surface area (Å²) < 4.78 is 4.97. The Morgan fingerprint density at radius 2 is 2.60 bits per heavy atom. The molecule has 1 aliphatic rings. The van der Waals surface area contributed by atoms with Crippen LogP contribution in [0.1, 0.15) is 0 Å². The van der Waals surface area contributed by atoms with Gasteiger partial charge in [0.15, 0.2) is 0 Å². The van der Waals surface area contributed by atoms with E-state index >= 15 is 0 Å². The molecule has 0 aliphatic carbocycles. The van der Waals surface area contributed by atoms with E-state index in [-0.39, 0.29) is 25.2 Å². The van der Waals surface area contributed by atoms with Gasteiger partial charge in [0.05, 0.1) is 12.7 Å². The van der Waals surface area contributed by atoms with E-state index in [2.05, 4.69) is 0 Å². The molecule has 1 heterocycles. The van der Waals surface area contributed by atoms with Gasteiger partial charge in [0.2, 0.25) is 5.91 Å². The number of rotatable bonds is 1. The normalized spacial score (nSPS) is 27.2. The number of amides is 1. The van der Waals surface area contributed by atoms with Crippen molar-refractivity contribution in [1.82, 2.24) is 4.90 Å². The summed E-state index contributed by atoms with van der Waals surface area (Å²) >= 11 is 0. The molecule has 0 radical (unpaired) electrons. The fourth-order valence-electron chi connectivity index (χ4n) is 0.870. The van der Waals surface area contributed by atoms with Crippen LogP contribution in [0, 0.1) is 0 Å². The molecule has 0 aromatic heterocycles. The minimum Gasteiger partial charge on any atom is -0.394 e. The molecule has 1 fully saturated rings. The topological polar surface area (TPSA) is 49.8 Å². The van der Waals surface area contributed by atoms with Crippen molar-refractivity contribution in [2.24, 2.45) is 0 Å². The number of carbonyl (C=O) groups is 1. The quantitative estimate of drug-likeness (QED) is 0.506. The molecule has 0 aromatic rings.